The minimum absolute atomic E-state index is 0.0904. The molecule has 1 amide bonds. The van der Waals surface area contributed by atoms with Crippen molar-refractivity contribution in [1.29, 1.82) is 0 Å². The van der Waals surface area contributed by atoms with Crippen LogP contribution in [0.5, 0.6) is 0 Å². The summed E-state index contributed by atoms with van der Waals surface area (Å²) < 4.78 is 0. The van der Waals surface area contributed by atoms with Crippen molar-refractivity contribution < 1.29 is 4.79 Å². The number of anilines is 1. The average Bonchev–Trinajstić information content (AvgIpc) is 2.42. The van der Waals surface area contributed by atoms with Crippen molar-refractivity contribution in [3.05, 3.63) is 63.6 Å². The first-order chi connectivity index (χ1) is 9.97. The summed E-state index contributed by atoms with van der Waals surface area (Å²) in [6, 6.07) is 13.0. The van der Waals surface area contributed by atoms with E-state index >= 15 is 0 Å². The van der Waals surface area contributed by atoms with Crippen LogP contribution < -0.4 is 5.32 Å². The number of nitrogens with one attached hydrogen (secondary N) is 1. The third-order valence-electron chi connectivity index (χ3n) is 3.22. The highest BCUT2D eigenvalue weighted by molar-refractivity contribution is 6.35. The normalized spacial score (nSPS) is 10.7. The second-order valence-corrected chi connectivity index (χ2v) is 6.05. The lowest BCUT2D eigenvalue weighted by molar-refractivity contribution is -0.115. The van der Waals surface area contributed by atoms with Gasteiger partial charge in [0.1, 0.15) is 0 Å². The number of amides is 1. The molecular formula is C17H17Cl2NO. The van der Waals surface area contributed by atoms with Crippen LogP contribution in [0.4, 0.5) is 5.69 Å². The number of hydrogen-bond donors (Lipinski definition) is 1. The van der Waals surface area contributed by atoms with Crippen molar-refractivity contribution in [1.82, 2.24) is 0 Å². The monoisotopic (exact) mass is 321 g/mol. The van der Waals surface area contributed by atoms with Gasteiger partial charge in [-0.1, -0.05) is 61.3 Å². The Kier molecular flexibility index (Phi) is 5.27. The molecule has 2 aromatic rings. The van der Waals surface area contributed by atoms with Gasteiger partial charge in [-0.3, -0.25) is 4.79 Å². The van der Waals surface area contributed by atoms with Gasteiger partial charge in [0.25, 0.3) is 0 Å². The zero-order chi connectivity index (χ0) is 15.4. The number of carbonyl (C=O) groups is 1. The lowest BCUT2D eigenvalue weighted by Crippen LogP contribution is -2.16. The average molecular weight is 322 g/mol. The summed E-state index contributed by atoms with van der Waals surface area (Å²) in [4.78, 5) is 12.2. The van der Waals surface area contributed by atoms with E-state index in [1.807, 2.05) is 24.3 Å². The number of rotatable bonds is 4. The summed E-state index contributed by atoms with van der Waals surface area (Å²) in [5.74, 6) is 0.257. The third-order valence-corrected chi connectivity index (χ3v) is 3.81. The maximum absolute atomic E-state index is 12.2. The van der Waals surface area contributed by atoms with Crippen LogP contribution >= 0.6 is 23.2 Å². The van der Waals surface area contributed by atoms with Crippen LogP contribution in [0.3, 0.4) is 0 Å². The molecule has 0 radical (unpaired) electrons. The van der Waals surface area contributed by atoms with Crippen molar-refractivity contribution in [2.24, 2.45) is 0 Å². The van der Waals surface area contributed by atoms with E-state index < -0.39 is 0 Å². The zero-order valence-corrected chi connectivity index (χ0v) is 13.5. The third kappa shape index (κ3) is 4.23. The summed E-state index contributed by atoms with van der Waals surface area (Å²) in [6.45, 7) is 4.20. The first kappa shape index (κ1) is 15.9. The van der Waals surface area contributed by atoms with Crippen molar-refractivity contribution in [3.63, 3.8) is 0 Å². The van der Waals surface area contributed by atoms with Crippen LogP contribution in [0.2, 0.25) is 10.0 Å². The van der Waals surface area contributed by atoms with Crippen LogP contribution in [-0.2, 0) is 11.2 Å². The molecule has 110 valence electrons. The van der Waals surface area contributed by atoms with Gasteiger partial charge in [0.2, 0.25) is 5.91 Å². The van der Waals surface area contributed by atoms with Crippen LogP contribution in [0, 0.1) is 0 Å². The molecule has 2 nitrogen and oxygen atoms in total. The Labute approximate surface area is 135 Å². The van der Waals surface area contributed by atoms with Crippen molar-refractivity contribution >= 4 is 34.8 Å². The highest BCUT2D eigenvalue weighted by Gasteiger charge is 2.11. The molecule has 0 aliphatic rings. The fourth-order valence-electron chi connectivity index (χ4n) is 2.15. The molecule has 0 aliphatic carbocycles. The molecule has 0 saturated carbocycles. The van der Waals surface area contributed by atoms with E-state index in [2.05, 4.69) is 19.2 Å². The van der Waals surface area contributed by atoms with E-state index in [0.717, 1.165) is 16.8 Å². The number of hydrogen-bond acceptors (Lipinski definition) is 1. The number of para-hydroxylation sites is 1. The molecule has 0 saturated heterocycles. The van der Waals surface area contributed by atoms with E-state index in [1.54, 1.807) is 18.2 Å². The van der Waals surface area contributed by atoms with Crippen LogP contribution in [-0.4, -0.2) is 5.91 Å². The van der Waals surface area contributed by atoms with E-state index in [1.165, 1.54) is 0 Å². The van der Waals surface area contributed by atoms with Crippen molar-refractivity contribution in [3.8, 4) is 0 Å². The Hall–Kier alpha value is -1.51. The van der Waals surface area contributed by atoms with Crippen molar-refractivity contribution in [2.45, 2.75) is 26.2 Å². The lowest BCUT2D eigenvalue weighted by Gasteiger charge is -2.14. The van der Waals surface area contributed by atoms with E-state index in [9.17, 15) is 4.79 Å². The van der Waals surface area contributed by atoms with Gasteiger partial charge in [0.05, 0.1) is 6.42 Å². The van der Waals surface area contributed by atoms with Gasteiger partial charge in [-0.2, -0.15) is 0 Å². The Balaban J connectivity index is 2.12. The SMILES string of the molecule is CC(C)c1ccccc1NC(=O)Cc1ccc(Cl)cc1Cl. The highest BCUT2D eigenvalue weighted by atomic mass is 35.5. The maximum atomic E-state index is 12.2. The molecular weight excluding hydrogens is 305 g/mol. The Morgan fingerprint density at radius 3 is 2.52 bits per heavy atom. The van der Waals surface area contributed by atoms with Crippen LogP contribution in [0.25, 0.3) is 0 Å². The number of halogens is 2. The van der Waals surface area contributed by atoms with Gasteiger partial charge >= 0.3 is 0 Å². The molecule has 0 bridgehead atoms. The molecule has 0 atom stereocenters. The fourth-order valence-corrected chi connectivity index (χ4v) is 2.62. The molecule has 0 spiro atoms. The van der Waals surface area contributed by atoms with Gasteiger partial charge in [-0.15, -0.1) is 0 Å². The molecule has 1 N–H and O–H groups in total. The first-order valence-electron chi connectivity index (χ1n) is 6.80. The van der Waals surface area contributed by atoms with Gasteiger partial charge in [0, 0.05) is 15.7 Å². The Morgan fingerprint density at radius 2 is 1.86 bits per heavy atom. The summed E-state index contributed by atoms with van der Waals surface area (Å²) in [5, 5.41) is 4.02. The molecule has 0 unspecified atom stereocenters. The first-order valence-corrected chi connectivity index (χ1v) is 7.55. The largest absolute Gasteiger partial charge is 0.326 e. The summed E-state index contributed by atoms with van der Waals surface area (Å²) in [5.41, 5.74) is 2.73. The summed E-state index contributed by atoms with van der Waals surface area (Å²) >= 11 is 11.9. The minimum Gasteiger partial charge on any atom is -0.326 e. The fraction of sp³-hybridized carbons (Fsp3) is 0.235. The molecule has 21 heavy (non-hydrogen) atoms. The van der Waals surface area contributed by atoms with E-state index in [-0.39, 0.29) is 12.3 Å². The van der Waals surface area contributed by atoms with Gasteiger partial charge in [0.15, 0.2) is 0 Å². The molecule has 2 rings (SSSR count). The molecule has 0 heterocycles. The Bertz CT molecular complexity index is 653. The maximum Gasteiger partial charge on any atom is 0.228 e. The van der Waals surface area contributed by atoms with Gasteiger partial charge < -0.3 is 5.32 Å². The van der Waals surface area contributed by atoms with E-state index in [4.69, 9.17) is 23.2 Å². The molecule has 0 aliphatic heterocycles. The number of benzene rings is 2. The Morgan fingerprint density at radius 1 is 1.14 bits per heavy atom. The van der Waals surface area contributed by atoms with E-state index in [0.29, 0.717) is 16.0 Å². The molecule has 4 heteroatoms. The topological polar surface area (TPSA) is 29.1 Å². The minimum atomic E-state index is -0.0904. The number of carbonyl (C=O) groups excluding carboxylic acids is 1. The quantitative estimate of drug-likeness (QED) is 0.813. The summed E-state index contributed by atoms with van der Waals surface area (Å²) in [7, 11) is 0. The second-order valence-electron chi connectivity index (χ2n) is 5.20. The predicted octanol–water partition coefficient (Wildman–Crippen LogP) is 5.30. The molecule has 0 fully saturated rings. The molecule has 2 aromatic carbocycles. The van der Waals surface area contributed by atoms with Gasteiger partial charge in [-0.25, -0.2) is 0 Å². The second kappa shape index (κ2) is 6.97. The zero-order valence-electron chi connectivity index (χ0n) is 12.0. The lowest BCUT2D eigenvalue weighted by atomic mass is 10.0. The van der Waals surface area contributed by atoms with Gasteiger partial charge in [-0.05, 0) is 35.2 Å². The predicted molar refractivity (Wildman–Crippen MR) is 89.3 cm³/mol. The van der Waals surface area contributed by atoms with Crippen LogP contribution in [0.15, 0.2) is 42.5 Å². The van der Waals surface area contributed by atoms with Crippen molar-refractivity contribution in [2.75, 3.05) is 5.32 Å². The highest BCUT2D eigenvalue weighted by Crippen LogP contribution is 2.25. The standard InChI is InChI=1S/C17H17Cl2NO/c1-11(2)14-5-3-4-6-16(14)20-17(21)9-12-7-8-13(18)10-15(12)19/h3-8,10-11H,9H2,1-2H3,(H,20,21). The smallest absolute Gasteiger partial charge is 0.228 e. The molecule has 0 aromatic heterocycles. The van der Waals surface area contributed by atoms with Crippen LogP contribution in [0.1, 0.15) is 30.9 Å². The summed E-state index contributed by atoms with van der Waals surface area (Å²) in [6.07, 6.45) is 0.225.